The zero-order valence-electron chi connectivity index (χ0n) is 12.4. The van der Waals surface area contributed by atoms with Gasteiger partial charge in [0, 0.05) is 10.9 Å². The van der Waals surface area contributed by atoms with Gasteiger partial charge in [0.05, 0.1) is 11.3 Å². The van der Waals surface area contributed by atoms with Crippen molar-refractivity contribution in [3.63, 3.8) is 0 Å². The van der Waals surface area contributed by atoms with Crippen molar-refractivity contribution in [1.82, 2.24) is 0 Å². The third-order valence-electron chi connectivity index (χ3n) is 3.43. The Hall–Kier alpha value is -1.38. The molecule has 1 atom stereocenters. The fourth-order valence-corrected chi connectivity index (χ4v) is 2.70. The molecule has 1 unspecified atom stereocenters. The number of carbonyl (C=O) groups excluding carboxylic acids is 1. The molecule has 5 heteroatoms. The van der Waals surface area contributed by atoms with Gasteiger partial charge in [-0.3, -0.25) is 4.79 Å². The van der Waals surface area contributed by atoms with Crippen molar-refractivity contribution in [3.05, 3.63) is 28.2 Å². The highest BCUT2D eigenvalue weighted by Gasteiger charge is 2.12. The second-order valence-electron chi connectivity index (χ2n) is 5.12. The van der Waals surface area contributed by atoms with Crippen LogP contribution in [0.5, 0.6) is 0 Å². The average Bonchev–Trinajstić information content (AvgIpc) is 2.45. The number of carbonyl (C=O) groups is 1. The average molecular weight is 352 g/mol. The summed E-state index contributed by atoms with van der Waals surface area (Å²) in [5.41, 5.74) is 6.63. The zero-order chi connectivity index (χ0) is 15.7. The van der Waals surface area contributed by atoms with Gasteiger partial charge in [-0.05, 0) is 43.5 Å². The minimum Gasteiger partial charge on any atom is -0.330 e. The van der Waals surface area contributed by atoms with Gasteiger partial charge in [0.1, 0.15) is 6.07 Å². The lowest BCUT2D eigenvalue weighted by molar-refractivity contribution is -0.116. The van der Waals surface area contributed by atoms with Gasteiger partial charge in [-0.1, -0.05) is 35.7 Å². The summed E-state index contributed by atoms with van der Waals surface area (Å²) in [4.78, 5) is 12.0. The van der Waals surface area contributed by atoms with Gasteiger partial charge >= 0.3 is 0 Å². The van der Waals surface area contributed by atoms with E-state index >= 15 is 0 Å². The van der Waals surface area contributed by atoms with E-state index in [0.717, 1.165) is 30.2 Å². The van der Waals surface area contributed by atoms with Crippen LogP contribution in [-0.4, -0.2) is 12.5 Å². The topological polar surface area (TPSA) is 78.9 Å². The maximum absolute atomic E-state index is 12.0. The predicted octanol–water partition coefficient (Wildman–Crippen LogP) is 3.80. The van der Waals surface area contributed by atoms with Gasteiger partial charge in [-0.25, -0.2) is 0 Å². The van der Waals surface area contributed by atoms with E-state index in [0.29, 0.717) is 30.1 Å². The van der Waals surface area contributed by atoms with Gasteiger partial charge in [0.25, 0.3) is 0 Å². The standard InChI is InChI=1S/C16H22BrN3O/c1-2-3-12(8-9-18)4-7-16(21)20-15-10-14(17)6-5-13(15)11-19/h5-6,10,12H,2-4,7-9,18H2,1H3,(H,20,21). The van der Waals surface area contributed by atoms with E-state index in [1.54, 1.807) is 18.2 Å². The molecular formula is C16H22BrN3O. The molecule has 1 aromatic rings. The first-order chi connectivity index (χ1) is 10.1. The Morgan fingerprint density at radius 2 is 2.19 bits per heavy atom. The fraction of sp³-hybridized carbons (Fsp3) is 0.500. The highest BCUT2D eigenvalue weighted by Crippen LogP contribution is 2.22. The van der Waals surface area contributed by atoms with Gasteiger partial charge in [-0.2, -0.15) is 5.26 Å². The summed E-state index contributed by atoms with van der Waals surface area (Å²) in [6.45, 7) is 2.81. The number of hydrogen-bond donors (Lipinski definition) is 2. The number of benzene rings is 1. The molecule has 0 aliphatic carbocycles. The van der Waals surface area contributed by atoms with Crippen LogP contribution in [-0.2, 0) is 4.79 Å². The van der Waals surface area contributed by atoms with E-state index in [9.17, 15) is 4.79 Å². The lowest BCUT2D eigenvalue weighted by atomic mass is 9.94. The Morgan fingerprint density at radius 3 is 2.81 bits per heavy atom. The molecule has 0 aliphatic rings. The van der Waals surface area contributed by atoms with Gasteiger partial charge in [0.2, 0.25) is 5.91 Å². The quantitative estimate of drug-likeness (QED) is 0.747. The number of rotatable bonds is 8. The molecule has 0 spiro atoms. The molecule has 0 fully saturated rings. The molecule has 0 saturated heterocycles. The van der Waals surface area contributed by atoms with E-state index in [4.69, 9.17) is 11.0 Å². The summed E-state index contributed by atoms with van der Waals surface area (Å²) in [5, 5.41) is 11.9. The van der Waals surface area contributed by atoms with Crippen LogP contribution in [0.1, 0.15) is 44.6 Å². The number of nitrogens with zero attached hydrogens (tertiary/aromatic N) is 1. The lowest BCUT2D eigenvalue weighted by Crippen LogP contribution is -2.16. The number of halogens is 1. The minimum absolute atomic E-state index is 0.0530. The first-order valence-corrected chi connectivity index (χ1v) is 8.09. The molecule has 0 radical (unpaired) electrons. The highest BCUT2D eigenvalue weighted by molar-refractivity contribution is 9.10. The van der Waals surface area contributed by atoms with Crippen molar-refractivity contribution in [1.29, 1.82) is 5.26 Å². The lowest BCUT2D eigenvalue weighted by Gasteiger charge is -2.15. The number of nitrogens with one attached hydrogen (secondary N) is 1. The van der Waals surface area contributed by atoms with Crippen LogP contribution in [0.3, 0.4) is 0 Å². The van der Waals surface area contributed by atoms with Crippen molar-refractivity contribution < 1.29 is 4.79 Å². The number of nitrogens with two attached hydrogens (primary N) is 1. The summed E-state index contributed by atoms with van der Waals surface area (Å²) in [7, 11) is 0. The molecule has 4 nitrogen and oxygen atoms in total. The Balaban J connectivity index is 2.57. The largest absolute Gasteiger partial charge is 0.330 e. The first-order valence-electron chi connectivity index (χ1n) is 7.30. The zero-order valence-corrected chi connectivity index (χ0v) is 13.9. The summed E-state index contributed by atoms with van der Waals surface area (Å²) in [6.07, 6.45) is 4.47. The van der Waals surface area contributed by atoms with Gasteiger partial charge < -0.3 is 11.1 Å². The normalized spacial score (nSPS) is 11.7. The number of hydrogen-bond acceptors (Lipinski definition) is 3. The number of anilines is 1. The Kier molecular flexibility index (Phi) is 8.03. The first kappa shape index (κ1) is 17.7. The molecule has 0 bridgehead atoms. The molecule has 114 valence electrons. The van der Waals surface area contributed by atoms with Crippen molar-refractivity contribution >= 4 is 27.5 Å². The van der Waals surface area contributed by atoms with Gasteiger partial charge in [0.15, 0.2) is 0 Å². The second-order valence-corrected chi connectivity index (χ2v) is 6.04. The number of nitriles is 1. The molecule has 0 aliphatic heterocycles. The molecule has 0 aromatic heterocycles. The monoisotopic (exact) mass is 351 g/mol. The molecule has 1 rings (SSSR count). The summed E-state index contributed by atoms with van der Waals surface area (Å²) >= 11 is 3.34. The smallest absolute Gasteiger partial charge is 0.224 e. The molecule has 3 N–H and O–H groups in total. The Morgan fingerprint density at radius 1 is 1.43 bits per heavy atom. The molecule has 0 heterocycles. The van der Waals surface area contributed by atoms with E-state index in [2.05, 4.69) is 34.2 Å². The van der Waals surface area contributed by atoms with Crippen LogP contribution in [0.2, 0.25) is 0 Å². The number of amides is 1. The summed E-state index contributed by atoms with van der Waals surface area (Å²) < 4.78 is 0.837. The van der Waals surface area contributed by atoms with Crippen LogP contribution in [0.4, 0.5) is 5.69 Å². The second kappa shape index (κ2) is 9.54. The van der Waals surface area contributed by atoms with Crippen molar-refractivity contribution in [2.24, 2.45) is 11.7 Å². The Labute approximate surface area is 134 Å². The third kappa shape index (κ3) is 6.28. The molecule has 21 heavy (non-hydrogen) atoms. The summed E-state index contributed by atoms with van der Waals surface area (Å²) in [6, 6.07) is 7.30. The van der Waals surface area contributed by atoms with E-state index in [-0.39, 0.29) is 5.91 Å². The fourth-order valence-electron chi connectivity index (χ4n) is 2.34. The predicted molar refractivity (Wildman–Crippen MR) is 88.8 cm³/mol. The Bertz CT molecular complexity index is 505. The summed E-state index contributed by atoms with van der Waals surface area (Å²) in [5.74, 6) is 0.450. The van der Waals surface area contributed by atoms with Crippen LogP contribution >= 0.6 is 15.9 Å². The molecule has 1 aromatic carbocycles. The maximum Gasteiger partial charge on any atom is 0.224 e. The van der Waals surface area contributed by atoms with Crippen molar-refractivity contribution in [2.75, 3.05) is 11.9 Å². The van der Waals surface area contributed by atoms with Crippen molar-refractivity contribution in [3.8, 4) is 6.07 Å². The van der Waals surface area contributed by atoms with E-state index in [1.807, 2.05) is 0 Å². The van der Waals surface area contributed by atoms with Crippen LogP contribution in [0.25, 0.3) is 0 Å². The highest BCUT2D eigenvalue weighted by atomic mass is 79.9. The third-order valence-corrected chi connectivity index (χ3v) is 3.92. The van der Waals surface area contributed by atoms with E-state index in [1.165, 1.54) is 0 Å². The maximum atomic E-state index is 12.0. The van der Waals surface area contributed by atoms with Crippen LogP contribution in [0.15, 0.2) is 22.7 Å². The van der Waals surface area contributed by atoms with Crippen LogP contribution in [0, 0.1) is 17.2 Å². The SMILES string of the molecule is CCCC(CCN)CCC(=O)Nc1cc(Br)ccc1C#N. The van der Waals surface area contributed by atoms with Gasteiger partial charge in [-0.15, -0.1) is 0 Å². The van der Waals surface area contributed by atoms with E-state index < -0.39 is 0 Å². The van der Waals surface area contributed by atoms with Crippen molar-refractivity contribution in [2.45, 2.75) is 39.0 Å². The molecule has 1 amide bonds. The molecule has 0 saturated carbocycles. The minimum atomic E-state index is -0.0530. The van der Waals surface area contributed by atoms with Crippen LogP contribution < -0.4 is 11.1 Å². The molecular weight excluding hydrogens is 330 g/mol.